The molecular formula is C12H16N2O3. The van der Waals surface area contributed by atoms with Crippen molar-refractivity contribution in [3.05, 3.63) is 18.1 Å². The van der Waals surface area contributed by atoms with Gasteiger partial charge in [-0.1, -0.05) is 0 Å². The van der Waals surface area contributed by atoms with Crippen LogP contribution in [0.1, 0.15) is 31.5 Å². The summed E-state index contributed by atoms with van der Waals surface area (Å²) >= 11 is 0. The maximum Gasteiger partial charge on any atom is 0.306 e. The van der Waals surface area contributed by atoms with Crippen LogP contribution in [0, 0.1) is 12.8 Å². The van der Waals surface area contributed by atoms with Crippen molar-refractivity contribution >= 4 is 5.97 Å². The van der Waals surface area contributed by atoms with Gasteiger partial charge in [0.15, 0.2) is 0 Å². The average Bonchev–Trinajstić information content (AvgIpc) is 2.29. The fourth-order valence-electron chi connectivity index (χ4n) is 2.10. The molecule has 1 aromatic rings. The summed E-state index contributed by atoms with van der Waals surface area (Å²) in [7, 11) is 0. The Balaban J connectivity index is 1.88. The molecule has 92 valence electrons. The molecule has 1 heterocycles. The Morgan fingerprint density at radius 3 is 2.71 bits per heavy atom. The molecule has 17 heavy (non-hydrogen) atoms. The van der Waals surface area contributed by atoms with E-state index in [-0.39, 0.29) is 12.0 Å². The smallest absolute Gasteiger partial charge is 0.306 e. The lowest BCUT2D eigenvalue weighted by molar-refractivity contribution is -0.143. The van der Waals surface area contributed by atoms with Gasteiger partial charge < -0.3 is 9.84 Å². The molecule has 1 aromatic heterocycles. The van der Waals surface area contributed by atoms with Crippen LogP contribution in [0.3, 0.4) is 0 Å². The molecular weight excluding hydrogens is 220 g/mol. The molecule has 0 saturated heterocycles. The summed E-state index contributed by atoms with van der Waals surface area (Å²) in [6.07, 6.45) is 4.68. The molecule has 0 spiro atoms. The van der Waals surface area contributed by atoms with Gasteiger partial charge in [0.05, 0.1) is 5.92 Å². The van der Waals surface area contributed by atoms with E-state index in [1.165, 1.54) is 0 Å². The zero-order valence-electron chi connectivity index (χ0n) is 9.80. The number of ether oxygens (including phenoxy) is 1. The predicted molar refractivity (Wildman–Crippen MR) is 60.8 cm³/mol. The van der Waals surface area contributed by atoms with E-state index in [1.54, 1.807) is 12.3 Å². The Kier molecular flexibility index (Phi) is 3.56. The topological polar surface area (TPSA) is 72.3 Å². The Morgan fingerprint density at radius 1 is 1.41 bits per heavy atom. The molecule has 1 aliphatic rings. The number of hydrogen-bond acceptors (Lipinski definition) is 4. The molecule has 0 radical (unpaired) electrons. The zero-order chi connectivity index (χ0) is 12.3. The van der Waals surface area contributed by atoms with E-state index in [0.717, 1.165) is 12.8 Å². The van der Waals surface area contributed by atoms with Gasteiger partial charge in [-0.3, -0.25) is 4.79 Å². The molecule has 5 nitrogen and oxygen atoms in total. The van der Waals surface area contributed by atoms with Gasteiger partial charge in [-0.15, -0.1) is 0 Å². The average molecular weight is 236 g/mol. The van der Waals surface area contributed by atoms with Crippen LogP contribution in [-0.4, -0.2) is 27.1 Å². The van der Waals surface area contributed by atoms with Crippen molar-refractivity contribution in [2.75, 3.05) is 0 Å². The van der Waals surface area contributed by atoms with Crippen LogP contribution in [-0.2, 0) is 4.79 Å². The van der Waals surface area contributed by atoms with Gasteiger partial charge in [0, 0.05) is 12.3 Å². The van der Waals surface area contributed by atoms with Crippen molar-refractivity contribution in [2.45, 2.75) is 38.7 Å². The fraction of sp³-hybridized carbons (Fsp3) is 0.583. The van der Waals surface area contributed by atoms with E-state index < -0.39 is 5.97 Å². The summed E-state index contributed by atoms with van der Waals surface area (Å²) in [6.45, 7) is 1.81. The summed E-state index contributed by atoms with van der Waals surface area (Å²) < 4.78 is 5.72. The monoisotopic (exact) mass is 236 g/mol. The van der Waals surface area contributed by atoms with Crippen LogP contribution in [0.4, 0.5) is 0 Å². The van der Waals surface area contributed by atoms with Gasteiger partial charge in [-0.05, 0) is 32.6 Å². The highest BCUT2D eigenvalue weighted by atomic mass is 16.5. The first-order valence-corrected chi connectivity index (χ1v) is 5.84. The molecule has 0 bridgehead atoms. The molecule has 2 rings (SSSR count). The number of rotatable bonds is 3. The van der Waals surface area contributed by atoms with Crippen LogP contribution in [0.25, 0.3) is 0 Å². The molecule has 1 fully saturated rings. The van der Waals surface area contributed by atoms with E-state index in [2.05, 4.69) is 9.97 Å². The number of aliphatic carboxylic acids is 1. The number of carbonyl (C=O) groups is 1. The van der Waals surface area contributed by atoms with Gasteiger partial charge in [-0.25, -0.2) is 4.98 Å². The summed E-state index contributed by atoms with van der Waals surface area (Å²) in [5, 5.41) is 8.89. The molecule has 0 aliphatic heterocycles. The van der Waals surface area contributed by atoms with Crippen molar-refractivity contribution in [1.82, 2.24) is 9.97 Å². The lowest BCUT2D eigenvalue weighted by Crippen LogP contribution is -2.28. The Morgan fingerprint density at radius 2 is 2.12 bits per heavy atom. The van der Waals surface area contributed by atoms with Gasteiger partial charge in [0.2, 0.25) is 5.88 Å². The van der Waals surface area contributed by atoms with Gasteiger partial charge in [-0.2, -0.15) is 4.98 Å². The van der Waals surface area contributed by atoms with Crippen LogP contribution < -0.4 is 4.74 Å². The number of carboxylic acids is 1. The molecule has 1 saturated carbocycles. The number of aryl methyl sites for hydroxylation is 1. The Bertz CT molecular complexity index is 400. The van der Waals surface area contributed by atoms with Crippen LogP contribution >= 0.6 is 0 Å². The summed E-state index contributed by atoms with van der Waals surface area (Å²) in [5.74, 6) is 0.362. The number of nitrogens with zero attached hydrogens (tertiary/aromatic N) is 2. The standard InChI is InChI=1S/C12H16N2O3/c1-8-13-7-6-11(14-8)17-10-4-2-9(3-5-10)12(15)16/h6-7,9-10H,2-5H2,1H3,(H,15,16)/t9-,10-. The molecule has 1 aliphatic carbocycles. The minimum Gasteiger partial charge on any atom is -0.481 e. The van der Waals surface area contributed by atoms with E-state index in [9.17, 15) is 4.79 Å². The highest BCUT2D eigenvalue weighted by Crippen LogP contribution is 2.27. The summed E-state index contributed by atoms with van der Waals surface area (Å²) in [4.78, 5) is 19.0. The first-order chi connectivity index (χ1) is 8.15. The number of hydrogen-bond donors (Lipinski definition) is 1. The second-order valence-electron chi connectivity index (χ2n) is 4.37. The van der Waals surface area contributed by atoms with E-state index >= 15 is 0 Å². The van der Waals surface area contributed by atoms with Crippen molar-refractivity contribution in [3.63, 3.8) is 0 Å². The normalized spacial score (nSPS) is 24.3. The van der Waals surface area contributed by atoms with Crippen molar-refractivity contribution in [2.24, 2.45) is 5.92 Å². The largest absolute Gasteiger partial charge is 0.481 e. The van der Waals surface area contributed by atoms with Gasteiger partial charge >= 0.3 is 5.97 Å². The van der Waals surface area contributed by atoms with Crippen LogP contribution in [0.15, 0.2) is 12.3 Å². The van der Waals surface area contributed by atoms with Crippen molar-refractivity contribution < 1.29 is 14.6 Å². The van der Waals surface area contributed by atoms with E-state index in [4.69, 9.17) is 9.84 Å². The molecule has 5 heteroatoms. The minimum absolute atomic E-state index is 0.0832. The zero-order valence-corrected chi connectivity index (χ0v) is 9.80. The Hall–Kier alpha value is -1.65. The van der Waals surface area contributed by atoms with Gasteiger partial charge in [0.1, 0.15) is 11.9 Å². The summed E-state index contributed by atoms with van der Waals surface area (Å²) in [5.41, 5.74) is 0. The predicted octanol–water partition coefficient (Wildman–Crippen LogP) is 1.81. The number of carboxylic acid groups (broad SMARTS) is 1. The van der Waals surface area contributed by atoms with Crippen LogP contribution in [0.2, 0.25) is 0 Å². The van der Waals surface area contributed by atoms with Crippen LogP contribution in [0.5, 0.6) is 5.88 Å². The molecule has 0 amide bonds. The first-order valence-electron chi connectivity index (χ1n) is 5.84. The highest BCUT2D eigenvalue weighted by molar-refractivity contribution is 5.70. The van der Waals surface area contributed by atoms with Gasteiger partial charge in [0.25, 0.3) is 0 Å². The quantitative estimate of drug-likeness (QED) is 0.866. The second kappa shape index (κ2) is 5.12. The SMILES string of the molecule is Cc1nccc(O[C@H]2CC[C@H](C(=O)O)CC2)n1. The lowest BCUT2D eigenvalue weighted by Gasteiger charge is -2.26. The highest BCUT2D eigenvalue weighted by Gasteiger charge is 2.27. The third-order valence-electron chi connectivity index (χ3n) is 3.06. The van der Waals surface area contributed by atoms with Crippen molar-refractivity contribution in [3.8, 4) is 5.88 Å². The van der Waals surface area contributed by atoms with E-state index in [1.807, 2.05) is 6.92 Å². The maximum atomic E-state index is 10.8. The third-order valence-corrected chi connectivity index (χ3v) is 3.06. The first kappa shape index (κ1) is 11.8. The van der Waals surface area contributed by atoms with E-state index in [0.29, 0.717) is 24.5 Å². The minimum atomic E-state index is -0.693. The fourth-order valence-corrected chi connectivity index (χ4v) is 2.10. The molecule has 1 N–H and O–H groups in total. The van der Waals surface area contributed by atoms with Crippen molar-refractivity contribution in [1.29, 1.82) is 0 Å². The second-order valence-corrected chi connectivity index (χ2v) is 4.37. The third kappa shape index (κ3) is 3.15. The summed E-state index contributed by atoms with van der Waals surface area (Å²) in [6, 6.07) is 1.73. The number of aromatic nitrogens is 2. The maximum absolute atomic E-state index is 10.8. The molecule has 0 atom stereocenters. The Labute approximate surface area is 99.9 Å². The lowest BCUT2D eigenvalue weighted by atomic mass is 9.87. The molecule has 0 aromatic carbocycles. The molecule has 0 unspecified atom stereocenters.